The van der Waals surface area contributed by atoms with E-state index in [1.807, 2.05) is 18.2 Å². The number of fused-ring (bicyclic) bond motifs is 1. The molecule has 1 aromatic carbocycles. The van der Waals surface area contributed by atoms with Gasteiger partial charge >= 0.3 is 0 Å². The first-order valence-corrected chi connectivity index (χ1v) is 7.60. The molecule has 0 atom stereocenters. The lowest BCUT2D eigenvalue weighted by Gasteiger charge is -2.15. The standard InChI is InChI=1S/C17H18N4O2/c1-3-4-9-21-16(20-23-2)14-10-12(5-6-13(14)17(21)22)15-11-18-7-8-19-15/h5-8,10-11H,3-4,9H2,1-2H3. The summed E-state index contributed by atoms with van der Waals surface area (Å²) in [5.41, 5.74) is 3.07. The summed E-state index contributed by atoms with van der Waals surface area (Å²) in [6, 6.07) is 5.62. The van der Waals surface area contributed by atoms with Gasteiger partial charge in [-0.15, -0.1) is 0 Å². The maximum absolute atomic E-state index is 12.6. The van der Waals surface area contributed by atoms with Crippen LogP contribution in [0.1, 0.15) is 35.7 Å². The molecule has 1 aliphatic rings. The predicted octanol–water partition coefficient (Wildman–Crippen LogP) is 2.71. The van der Waals surface area contributed by atoms with Crippen molar-refractivity contribution in [3.63, 3.8) is 0 Å². The number of nitrogens with zero attached hydrogens (tertiary/aromatic N) is 4. The maximum atomic E-state index is 12.6. The molecule has 6 nitrogen and oxygen atoms in total. The molecule has 0 fully saturated rings. The monoisotopic (exact) mass is 310 g/mol. The number of carbonyl (C=O) groups excluding carboxylic acids is 1. The molecule has 0 radical (unpaired) electrons. The smallest absolute Gasteiger partial charge is 0.260 e. The summed E-state index contributed by atoms with van der Waals surface area (Å²) < 4.78 is 0. The number of oxime groups is 1. The zero-order valence-electron chi connectivity index (χ0n) is 13.2. The van der Waals surface area contributed by atoms with Gasteiger partial charge in [0.15, 0.2) is 5.84 Å². The Labute approximate surface area is 134 Å². The highest BCUT2D eigenvalue weighted by Gasteiger charge is 2.34. The SMILES string of the molecule is CCCCN1C(=O)c2ccc(-c3cnccn3)cc2C1=NOC. The Kier molecular flexibility index (Phi) is 4.32. The van der Waals surface area contributed by atoms with E-state index in [0.717, 1.165) is 29.7 Å². The van der Waals surface area contributed by atoms with Gasteiger partial charge in [-0.25, -0.2) is 0 Å². The summed E-state index contributed by atoms with van der Waals surface area (Å²) in [6.45, 7) is 2.72. The first-order chi connectivity index (χ1) is 11.3. The van der Waals surface area contributed by atoms with E-state index >= 15 is 0 Å². The van der Waals surface area contributed by atoms with Crippen LogP contribution in [0.3, 0.4) is 0 Å². The van der Waals surface area contributed by atoms with E-state index in [2.05, 4.69) is 22.0 Å². The van der Waals surface area contributed by atoms with Crippen molar-refractivity contribution < 1.29 is 9.63 Å². The third-order valence-corrected chi connectivity index (χ3v) is 3.76. The average Bonchev–Trinajstić information content (AvgIpc) is 2.86. The van der Waals surface area contributed by atoms with Crippen LogP contribution in [0.5, 0.6) is 0 Å². The molecule has 2 aromatic rings. The van der Waals surface area contributed by atoms with Crippen LogP contribution in [0.4, 0.5) is 0 Å². The topological polar surface area (TPSA) is 67.7 Å². The summed E-state index contributed by atoms with van der Waals surface area (Å²) in [7, 11) is 1.49. The lowest BCUT2D eigenvalue weighted by molar-refractivity contribution is 0.0852. The molecule has 0 saturated carbocycles. The van der Waals surface area contributed by atoms with Crippen LogP contribution in [0.25, 0.3) is 11.3 Å². The number of unbranched alkanes of at least 4 members (excludes halogenated alkanes) is 1. The van der Waals surface area contributed by atoms with Crippen molar-refractivity contribution in [1.82, 2.24) is 14.9 Å². The highest BCUT2D eigenvalue weighted by Crippen LogP contribution is 2.28. The Hall–Kier alpha value is -2.76. The van der Waals surface area contributed by atoms with Gasteiger partial charge in [-0.3, -0.25) is 19.7 Å². The van der Waals surface area contributed by atoms with Crippen molar-refractivity contribution in [3.8, 4) is 11.3 Å². The molecule has 0 N–H and O–H groups in total. The fourth-order valence-corrected chi connectivity index (χ4v) is 2.62. The van der Waals surface area contributed by atoms with Gasteiger partial charge < -0.3 is 4.84 Å². The summed E-state index contributed by atoms with van der Waals surface area (Å²) in [5.74, 6) is 0.529. The van der Waals surface area contributed by atoms with Gasteiger partial charge in [0.1, 0.15) is 7.11 Å². The van der Waals surface area contributed by atoms with E-state index in [4.69, 9.17) is 4.84 Å². The molecule has 0 spiro atoms. The number of hydrogen-bond acceptors (Lipinski definition) is 5. The van der Waals surface area contributed by atoms with E-state index in [1.54, 1.807) is 23.5 Å². The van der Waals surface area contributed by atoms with Crippen LogP contribution < -0.4 is 0 Å². The van der Waals surface area contributed by atoms with Crippen LogP contribution >= 0.6 is 0 Å². The van der Waals surface area contributed by atoms with Crippen LogP contribution in [0.2, 0.25) is 0 Å². The molecule has 0 bridgehead atoms. The minimum Gasteiger partial charge on any atom is -0.397 e. The third-order valence-electron chi connectivity index (χ3n) is 3.76. The molecule has 1 amide bonds. The molecule has 0 saturated heterocycles. The van der Waals surface area contributed by atoms with Crippen LogP contribution in [-0.4, -0.2) is 40.3 Å². The number of rotatable bonds is 5. The second-order valence-corrected chi connectivity index (χ2v) is 5.26. The molecule has 0 unspecified atom stereocenters. The number of benzene rings is 1. The number of amides is 1. The predicted molar refractivity (Wildman–Crippen MR) is 87.0 cm³/mol. The van der Waals surface area contributed by atoms with Gasteiger partial charge in [0.25, 0.3) is 5.91 Å². The Morgan fingerprint density at radius 3 is 2.83 bits per heavy atom. The van der Waals surface area contributed by atoms with Crippen LogP contribution in [0, 0.1) is 0 Å². The molecular formula is C17H18N4O2. The van der Waals surface area contributed by atoms with Crippen molar-refractivity contribution >= 4 is 11.7 Å². The Morgan fingerprint density at radius 2 is 2.13 bits per heavy atom. The summed E-state index contributed by atoms with van der Waals surface area (Å²) in [4.78, 5) is 27.6. The van der Waals surface area contributed by atoms with Crippen LogP contribution in [-0.2, 0) is 4.84 Å². The summed E-state index contributed by atoms with van der Waals surface area (Å²) >= 11 is 0. The van der Waals surface area contributed by atoms with E-state index in [9.17, 15) is 4.79 Å². The minimum atomic E-state index is -0.0325. The highest BCUT2D eigenvalue weighted by atomic mass is 16.6. The normalized spacial score (nSPS) is 15.1. The van der Waals surface area contributed by atoms with Crippen molar-refractivity contribution in [2.24, 2.45) is 5.16 Å². The van der Waals surface area contributed by atoms with E-state index < -0.39 is 0 Å². The Balaban J connectivity index is 2.04. The zero-order chi connectivity index (χ0) is 16.2. The second-order valence-electron chi connectivity index (χ2n) is 5.26. The quantitative estimate of drug-likeness (QED) is 0.796. The molecule has 3 rings (SSSR count). The van der Waals surface area contributed by atoms with E-state index in [-0.39, 0.29) is 5.91 Å². The average molecular weight is 310 g/mol. The van der Waals surface area contributed by atoms with Gasteiger partial charge in [0.2, 0.25) is 0 Å². The Bertz CT molecular complexity index is 744. The molecule has 1 aliphatic heterocycles. The van der Waals surface area contributed by atoms with Gasteiger partial charge in [-0.2, -0.15) is 0 Å². The lowest BCUT2D eigenvalue weighted by Crippen LogP contribution is -2.31. The Morgan fingerprint density at radius 1 is 1.26 bits per heavy atom. The van der Waals surface area contributed by atoms with Crippen molar-refractivity contribution in [3.05, 3.63) is 47.9 Å². The van der Waals surface area contributed by atoms with Gasteiger partial charge in [0, 0.05) is 30.1 Å². The number of hydrogen-bond donors (Lipinski definition) is 0. The van der Waals surface area contributed by atoms with Crippen molar-refractivity contribution in [2.75, 3.05) is 13.7 Å². The maximum Gasteiger partial charge on any atom is 0.260 e. The summed E-state index contributed by atoms with van der Waals surface area (Å²) in [6.07, 6.45) is 6.89. The molecule has 0 aliphatic carbocycles. The first kappa shape index (κ1) is 15.1. The van der Waals surface area contributed by atoms with Crippen molar-refractivity contribution in [1.29, 1.82) is 0 Å². The van der Waals surface area contributed by atoms with E-state index in [0.29, 0.717) is 17.9 Å². The molecule has 118 valence electrons. The molecular weight excluding hydrogens is 292 g/mol. The number of carbonyl (C=O) groups is 1. The van der Waals surface area contributed by atoms with Crippen LogP contribution in [0.15, 0.2) is 41.9 Å². The molecule has 23 heavy (non-hydrogen) atoms. The number of aromatic nitrogens is 2. The molecule has 1 aromatic heterocycles. The minimum absolute atomic E-state index is 0.0325. The van der Waals surface area contributed by atoms with Gasteiger partial charge in [-0.1, -0.05) is 24.6 Å². The largest absolute Gasteiger partial charge is 0.397 e. The van der Waals surface area contributed by atoms with E-state index in [1.165, 1.54) is 7.11 Å². The molecule has 6 heteroatoms. The summed E-state index contributed by atoms with van der Waals surface area (Å²) in [5, 5.41) is 4.07. The zero-order valence-corrected chi connectivity index (χ0v) is 13.2. The fraction of sp³-hybridized carbons (Fsp3) is 0.294. The second kappa shape index (κ2) is 6.56. The molecule has 2 heterocycles. The third kappa shape index (κ3) is 2.79. The van der Waals surface area contributed by atoms with Gasteiger partial charge in [-0.05, 0) is 18.6 Å². The number of amidine groups is 1. The highest BCUT2D eigenvalue weighted by molar-refractivity contribution is 6.23. The fourth-order valence-electron chi connectivity index (χ4n) is 2.62. The van der Waals surface area contributed by atoms with Gasteiger partial charge in [0.05, 0.1) is 17.5 Å². The lowest BCUT2D eigenvalue weighted by atomic mass is 10.0. The van der Waals surface area contributed by atoms with Crippen molar-refractivity contribution in [2.45, 2.75) is 19.8 Å². The first-order valence-electron chi connectivity index (χ1n) is 7.60.